The van der Waals surface area contributed by atoms with Crippen LogP contribution in [0.1, 0.15) is 18.4 Å². The number of nitrogens with zero attached hydrogens (tertiary/aromatic N) is 1. The molecule has 4 nitrogen and oxygen atoms in total. The SMILES string of the molecule is O=C(CN1CCCC(CO)C1)NCc1ccccc1F. The molecular weight excluding hydrogens is 259 g/mol. The number of benzene rings is 1. The Morgan fingerprint density at radius 3 is 3.00 bits per heavy atom. The second kappa shape index (κ2) is 7.36. The van der Waals surface area contributed by atoms with Gasteiger partial charge in [0, 0.05) is 25.3 Å². The smallest absolute Gasteiger partial charge is 0.234 e. The largest absolute Gasteiger partial charge is 0.396 e. The molecule has 0 aliphatic carbocycles. The maximum atomic E-state index is 13.4. The van der Waals surface area contributed by atoms with Crippen molar-refractivity contribution >= 4 is 5.91 Å². The van der Waals surface area contributed by atoms with Crippen LogP contribution in [0.25, 0.3) is 0 Å². The third-order valence-corrected chi connectivity index (χ3v) is 3.66. The van der Waals surface area contributed by atoms with Crippen LogP contribution in [0.4, 0.5) is 4.39 Å². The predicted molar refractivity (Wildman–Crippen MR) is 74.5 cm³/mol. The molecule has 1 aliphatic heterocycles. The number of likely N-dealkylation sites (tertiary alicyclic amines) is 1. The Bertz CT molecular complexity index is 453. The molecule has 0 aromatic heterocycles. The molecule has 0 spiro atoms. The van der Waals surface area contributed by atoms with Crippen molar-refractivity contribution in [1.29, 1.82) is 0 Å². The van der Waals surface area contributed by atoms with Crippen molar-refractivity contribution in [2.75, 3.05) is 26.2 Å². The first-order chi connectivity index (χ1) is 9.69. The molecule has 5 heteroatoms. The van der Waals surface area contributed by atoms with Gasteiger partial charge >= 0.3 is 0 Å². The summed E-state index contributed by atoms with van der Waals surface area (Å²) in [4.78, 5) is 13.9. The summed E-state index contributed by atoms with van der Waals surface area (Å²) in [6.07, 6.45) is 2.02. The third-order valence-electron chi connectivity index (χ3n) is 3.66. The van der Waals surface area contributed by atoms with Gasteiger partial charge in [-0.1, -0.05) is 18.2 Å². The number of piperidine rings is 1. The quantitative estimate of drug-likeness (QED) is 0.850. The fourth-order valence-corrected chi connectivity index (χ4v) is 2.54. The minimum Gasteiger partial charge on any atom is -0.396 e. The molecule has 20 heavy (non-hydrogen) atoms. The Hall–Kier alpha value is -1.46. The number of aliphatic hydroxyl groups excluding tert-OH is 1. The van der Waals surface area contributed by atoms with Crippen molar-refractivity contribution in [2.24, 2.45) is 5.92 Å². The van der Waals surface area contributed by atoms with Gasteiger partial charge in [0.25, 0.3) is 0 Å². The first kappa shape index (κ1) is 14.9. The minimum atomic E-state index is -0.300. The molecule has 110 valence electrons. The van der Waals surface area contributed by atoms with Crippen LogP contribution < -0.4 is 5.32 Å². The first-order valence-electron chi connectivity index (χ1n) is 7.02. The fourth-order valence-electron chi connectivity index (χ4n) is 2.54. The van der Waals surface area contributed by atoms with Crippen LogP contribution in [0.3, 0.4) is 0 Å². The average Bonchev–Trinajstić information content (AvgIpc) is 2.46. The maximum absolute atomic E-state index is 13.4. The van der Waals surface area contributed by atoms with Gasteiger partial charge in [-0.25, -0.2) is 4.39 Å². The standard InChI is InChI=1S/C15H21FN2O2/c16-14-6-2-1-5-13(14)8-17-15(20)10-18-7-3-4-12(9-18)11-19/h1-2,5-6,12,19H,3-4,7-11H2,(H,17,20). The topological polar surface area (TPSA) is 52.6 Å². The molecule has 2 rings (SSSR count). The number of aliphatic hydroxyl groups is 1. The number of carbonyl (C=O) groups is 1. The van der Waals surface area contributed by atoms with Gasteiger partial charge in [0.2, 0.25) is 5.91 Å². The highest BCUT2D eigenvalue weighted by Crippen LogP contribution is 2.15. The van der Waals surface area contributed by atoms with Crippen molar-refractivity contribution < 1.29 is 14.3 Å². The fraction of sp³-hybridized carbons (Fsp3) is 0.533. The zero-order valence-corrected chi connectivity index (χ0v) is 11.5. The summed E-state index contributed by atoms with van der Waals surface area (Å²) in [6.45, 7) is 2.33. The highest BCUT2D eigenvalue weighted by atomic mass is 19.1. The van der Waals surface area contributed by atoms with Gasteiger partial charge in [-0.15, -0.1) is 0 Å². The normalized spacial score (nSPS) is 19.8. The monoisotopic (exact) mass is 280 g/mol. The van der Waals surface area contributed by atoms with Gasteiger partial charge in [0.1, 0.15) is 5.82 Å². The van der Waals surface area contributed by atoms with Crippen LogP contribution in [0, 0.1) is 11.7 Å². The van der Waals surface area contributed by atoms with Crippen molar-refractivity contribution in [1.82, 2.24) is 10.2 Å². The summed E-state index contributed by atoms with van der Waals surface area (Å²) in [5, 5.41) is 11.9. The molecule has 2 N–H and O–H groups in total. The second-order valence-electron chi connectivity index (χ2n) is 5.29. The van der Waals surface area contributed by atoms with E-state index in [4.69, 9.17) is 5.11 Å². The van der Waals surface area contributed by atoms with Gasteiger partial charge in [0.15, 0.2) is 0 Å². The summed E-state index contributed by atoms with van der Waals surface area (Å²) in [5.74, 6) is -0.138. The Morgan fingerprint density at radius 1 is 1.45 bits per heavy atom. The maximum Gasteiger partial charge on any atom is 0.234 e. The van der Waals surface area contributed by atoms with Crippen molar-refractivity contribution in [2.45, 2.75) is 19.4 Å². The first-order valence-corrected chi connectivity index (χ1v) is 7.02. The molecule has 1 aliphatic rings. The Kier molecular flexibility index (Phi) is 5.49. The number of nitrogens with one attached hydrogen (secondary N) is 1. The number of halogens is 1. The van der Waals surface area contributed by atoms with Gasteiger partial charge in [-0.2, -0.15) is 0 Å². The number of carbonyl (C=O) groups excluding carboxylic acids is 1. The second-order valence-corrected chi connectivity index (χ2v) is 5.29. The summed E-state index contributed by atoms with van der Waals surface area (Å²) < 4.78 is 13.4. The van der Waals surface area contributed by atoms with Crippen LogP contribution in [0.2, 0.25) is 0 Å². The average molecular weight is 280 g/mol. The summed E-state index contributed by atoms with van der Waals surface area (Å²) in [6, 6.07) is 6.43. The highest BCUT2D eigenvalue weighted by molar-refractivity contribution is 5.78. The van der Waals surface area contributed by atoms with Crippen molar-refractivity contribution in [3.63, 3.8) is 0 Å². The molecule has 0 radical (unpaired) electrons. The van der Waals surface area contributed by atoms with Gasteiger partial charge in [-0.05, 0) is 31.4 Å². The Balaban J connectivity index is 1.77. The van der Waals surface area contributed by atoms with Crippen LogP contribution in [0.5, 0.6) is 0 Å². The van der Waals surface area contributed by atoms with Gasteiger partial charge in [-0.3, -0.25) is 9.69 Å². The van der Waals surface area contributed by atoms with Crippen molar-refractivity contribution in [3.05, 3.63) is 35.6 Å². The summed E-state index contributed by atoms with van der Waals surface area (Å²) in [5.41, 5.74) is 0.493. The lowest BCUT2D eigenvalue weighted by Gasteiger charge is -2.31. The van der Waals surface area contributed by atoms with E-state index in [9.17, 15) is 9.18 Å². The van der Waals surface area contributed by atoms with E-state index in [0.29, 0.717) is 12.1 Å². The molecule has 1 heterocycles. The van der Waals surface area contributed by atoms with E-state index >= 15 is 0 Å². The Labute approximate surface area is 118 Å². The molecule has 1 saturated heterocycles. The molecule has 1 aromatic carbocycles. The van der Waals surface area contributed by atoms with Crippen LogP contribution in [0.15, 0.2) is 24.3 Å². The van der Waals surface area contributed by atoms with Gasteiger partial charge in [0.05, 0.1) is 6.54 Å². The molecule has 0 bridgehead atoms. The van der Waals surface area contributed by atoms with E-state index in [2.05, 4.69) is 5.32 Å². The molecule has 1 fully saturated rings. The van der Waals surface area contributed by atoms with E-state index in [1.165, 1.54) is 6.07 Å². The molecule has 1 aromatic rings. The van der Waals surface area contributed by atoms with Crippen LogP contribution >= 0.6 is 0 Å². The number of amides is 1. The molecule has 1 unspecified atom stereocenters. The highest BCUT2D eigenvalue weighted by Gasteiger charge is 2.20. The molecule has 1 atom stereocenters. The summed E-state index contributed by atoms with van der Waals surface area (Å²) >= 11 is 0. The zero-order valence-electron chi connectivity index (χ0n) is 11.5. The summed E-state index contributed by atoms with van der Waals surface area (Å²) in [7, 11) is 0. The lowest BCUT2D eigenvalue weighted by molar-refractivity contribution is -0.122. The molecular formula is C15H21FN2O2. The number of rotatable bonds is 5. The lowest BCUT2D eigenvalue weighted by atomic mass is 9.99. The lowest BCUT2D eigenvalue weighted by Crippen LogP contribution is -2.43. The molecule has 0 saturated carbocycles. The van der Waals surface area contributed by atoms with E-state index in [0.717, 1.165) is 25.9 Å². The van der Waals surface area contributed by atoms with Crippen LogP contribution in [-0.4, -0.2) is 42.2 Å². The van der Waals surface area contributed by atoms with E-state index in [1.807, 2.05) is 4.90 Å². The van der Waals surface area contributed by atoms with Crippen molar-refractivity contribution in [3.8, 4) is 0 Å². The van der Waals surface area contributed by atoms with Gasteiger partial charge < -0.3 is 10.4 Å². The number of hydrogen-bond donors (Lipinski definition) is 2. The van der Waals surface area contributed by atoms with E-state index in [1.54, 1.807) is 18.2 Å². The zero-order chi connectivity index (χ0) is 14.4. The predicted octanol–water partition coefficient (Wildman–Crippen LogP) is 1.15. The molecule has 1 amide bonds. The van der Waals surface area contributed by atoms with E-state index in [-0.39, 0.29) is 30.8 Å². The Morgan fingerprint density at radius 2 is 2.25 bits per heavy atom. The van der Waals surface area contributed by atoms with Crippen LogP contribution in [-0.2, 0) is 11.3 Å². The third kappa shape index (κ3) is 4.28. The minimum absolute atomic E-state index is 0.105. The number of hydrogen-bond acceptors (Lipinski definition) is 3. The van der Waals surface area contributed by atoms with E-state index < -0.39 is 0 Å².